The van der Waals surface area contributed by atoms with Crippen LogP contribution in [0.1, 0.15) is 0 Å². The summed E-state index contributed by atoms with van der Waals surface area (Å²) in [7, 11) is 1.57. The Bertz CT molecular complexity index is 1580. The van der Waals surface area contributed by atoms with E-state index >= 15 is 0 Å². The second-order valence-electron chi connectivity index (χ2n) is 10.3. The van der Waals surface area contributed by atoms with Gasteiger partial charge in [-0.1, -0.05) is 6.07 Å². The van der Waals surface area contributed by atoms with Gasteiger partial charge in [0.2, 0.25) is 5.91 Å². The highest BCUT2D eigenvalue weighted by Gasteiger charge is 2.18. The number of carbonyl (C=O) groups excluding carboxylic acids is 1. The number of aliphatic hydroxyl groups excluding tert-OH is 1. The molecule has 0 radical (unpaired) electrons. The van der Waals surface area contributed by atoms with E-state index in [2.05, 4.69) is 35.5 Å². The molecule has 0 spiro atoms. The van der Waals surface area contributed by atoms with Crippen molar-refractivity contribution in [2.75, 3.05) is 83.4 Å². The largest absolute Gasteiger partial charge is 0.493 e. The number of nitrogens with one attached hydrogen (secondary N) is 2. The number of halogens is 2. The van der Waals surface area contributed by atoms with E-state index in [0.29, 0.717) is 53.7 Å². The van der Waals surface area contributed by atoms with Gasteiger partial charge < -0.3 is 30.0 Å². The Balaban J connectivity index is 1.15. The van der Waals surface area contributed by atoms with E-state index in [4.69, 9.17) is 19.3 Å². The first-order valence-corrected chi connectivity index (χ1v) is 14.6. The number of carbonyl (C=O) groups is 1. The van der Waals surface area contributed by atoms with Crippen LogP contribution in [-0.2, 0) is 16.1 Å². The number of methoxy groups -OCH3 is 1. The Labute approximate surface area is 258 Å². The fourth-order valence-corrected chi connectivity index (χ4v) is 4.91. The predicted molar refractivity (Wildman–Crippen MR) is 163 cm³/mol. The summed E-state index contributed by atoms with van der Waals surface area (Å²) < 4.78 is 45.8. The lowest BCUT2D eigenvalue weighted by Gasteiger charge is -2.34. The standard InChI is InChI=1S/C30H36F2N8O5/c1-43-26-15-22-25(16-27(26)45-13-10-39-7-5-38(6-8-39)9-12-44-14-11-41)33-20-34-30(22)36-21-17-35-40(18-21)19-28(42)37-24-4-2-3-23(31)29(24)32/h2-4,15-18,20,41H,5-14,19H2,1H3,(H,37,42)(H,33,34,36). The number of piperazine rings is 1. The van der Waals surface area contributed by atoms with E-state index in [1.807, 2.05) is 6.07 Å². The maximum absolute atomic E-state index is 13.9. The molecule has 1 aliphatic heterocycles. The molecule has 5 rings (SSSR count). The number of aliphatic hydroxyl groups is 1. The van der Waals surface area contributed by atoms with Crippen molar-refractivity contribution in [1.29, 1.82) is 0 Å². The van der Waals surface area contributed by atoms with Crippen molar-refractivity contribution in [1.82, 2.24) is 29.5 Å². The molecule has 4 aromatic rings. The predicted octanol–water partition coefficient (Wildman–Crippen LogP) is 2.50. The SMILES string of the molecule is COc1cc2c(Nc3cnn(CC(=O)Nc4cccc(F)c4F)c3)ncnc2cc1OCCN1CCN(CCOCCO)CC1. The molecule has 2 aromatic carbocycles. The number of rotatable bonds is 15. The van der Waals surface area contributed by atoms with E-state index in [1.54, 1.807) is 19.4 Å². The maximum Gasteiger partial charge on any atom is 0.246 e. The Morgan fingerprint density at radius 2 is 1.80 bits per heavy atom. The number of hydrogen-bond acceptors (Lipinski definition) is 11. The van der Waals surface area contributed by atoms with Crippen LogP contribution in [0.3, 0.4) is 0 Å². The molecule has 3 N–H and O–H groups in total. The normalized spacial score (nSPS) is 14.0. The first-order chi connectivity index (χ1) is 21.9. The van der Waals surface area contributed by atoms with Gasteiger partial charge >= 0.3 is 0 Å². The van der Waals surface area contributed by atoms with Gasteiger partial charge in [0, 0.05) is 56.9 Å². The van der Waals surface area contributed by atoms with E-state index in [0.717, 1.165) is 45.3 Å². The minimum absolute atomic E-state index is 0.0450. The van der Waals surface area contributed by atoms with Crippen LogP contribution in [0, 0.1) is 11.6 Å². The summed E-state index contributed by atoms with van der Waals surface area (Å²) in [6.45, 7) is 6.72. The number of hydrogen-bond donors (Lipinski definition) is 3. The second kappa shape index (κ2) is 15.5. The van der Waals surface area contributed by atoms with Gasteiger partial charge in [0.25, 0.3) is 0 Å². The summed E-state index contributed by atoms with van der Waals surface area (Å²) in [6, 6.07) is 7.17. The molecule has 1 saturated heterocycles. The van der Waals surface area contributed by atoms with Crippen molar-refractivity contribution in [3.63, 3.8) is 0 Å². The van der Waals surface area contributed by atoms with Crippen LogP contribution in [0.4, 0.5) is 26.0 Å². The minimum Gasteiger partial charge on any atom is -0.493 e. The molecular weight excluding hydrogens is 590 g/mol. The lowest BCUT2D eigenvalue weighted by Crippen LogP contribution is -2.48. The topological polar surface area (TPSA) is 139 Å². The molecule has 1 aliphatic rings. The van der Waals surface area contributed by atoms with Crippen LogP contribution >= 0.6 is 0 Å². The van der Waals surface area contributed by atoms with Gasteiger partial charge in [0.15, 0.2) is 23.1 Å². The zero-order valence-corrected chi connectivity index (χ0v) is 24.9. The van der Waals surface area contributed by atoms with Crippen LogP contribution in [0.15, 0.2) is 49.1 Å². The molecule has 15 heteroatoms. The van der Waals surface area contributed by atoms with E-state index in [-0.39, 0.29) is 18.8 Å². The molecule has 0 saturated carbocycles. The summed E-state index contributed by atoms with van der Waals surface area (Å²) >= 11 is 0. The third-order valence-electron chi connectivity index (χ3n) is 7.27. The summed E-state index contributed by atoms with van der Waals surface area (Å²) in [5.74, 6) is -1.14. The van der Waals surface area contributed by atoms with E-state index < -0.39 is 17.5 Å². The highest BCUT2D eigenvalue weighted by atomic mass is 19.2. The Hall–Kier alpha value is -4.44. The maximum atomic E-state index is 13.9. The summed E-state index contributed by atoms with van der Waals surface area (Å²) in [5, 5.41) is 19.2. The zero-order chi connectivity index (χ0) is 31.6. The molecule has 45 heavy (non-hydrogen) atoms. The first-order valence-electron chi connectivity index (χ1n) is 14.6. The van der Waals surface area contributed by atoms with E-state index in [9.17, 15) is 13.6 Å². The quantitative estimate of drug-likeness (QED) is 0.168. The lowest BCUT2D eigenvalue weighted by atomic mass is 10.2. The summed E-state index contributed by atoms with van der Waals surface area (Å²) in [4.78, 5) is 25.9. The summed E-state index contributed by atoms with van der Waals surface area (Å²) in [6.07, 6.45) is 4.54. The van der Waals surface area contributed by atoms with Gasteiger partial charge in [-0.2, -0.15) is 5.10 Å². The molecule has 0 bridgehead atoms. The van der Waals surface area contributed by atoms with Crippen molar-refractivity contribution >= 4 is 34.0 Å². The van der Waals surface area contributed by atoms with Gasteiger partial charge in [0.1, 0.15) is 25.3 Å². The third kappa shape index (κ3) is 8.60. The van der Waals surface area contributed by atoms with E-state index in [1.165, 1.54) is 29.3 Å². The van der Waals surface area contributed by atoms with Gasteiger partial charge in [-0.3, -0.25) is 19.3 Å². The molecule has 3 heterocycles. The molecule has 0 aliphatic carbocycles. The molecule has 240 valence electrons. The highest BCUT2D eigenvalue weighted by Crippen LogP contribution is 2.34. The average Bonchev–Trinajstić information content (AvgIpc) is 3.48. The van der Waals surface area contributed by atoms with Gasteiger partial charge in [-0.25, -0.2) is 18.7 Å². The molecule has 0 unspecified atom stereocenters. The fraction of sp³-hybridized carbons (Fsp3) is 0.400. The highest BCUT2D eigenvalue weighted by molar-refractivity contribution is 5.93. The number of amides is 1. The Morgan fingerprint density at radius 1 is 1.02 bits per heavy atom. The van der Waals surface area contributed by atoms with Crippen molar-refractivity contribution in [3.8, 4) is 11.5 Å². The molecule has 2 aromatic heterocycles. The van der Waals surface area contributed by atoms with Crippen molar-refractivity contribution in [3.05, 3.63) is 60.7 Å². The average molecular weight is 627 g/mol. The zero-order valence-electron chi connectivity index (χ0n) is 24.9. The molecule has 1 amide bonds. The van der Waals surface area contributed by atoms with Gasteiger partial charge in [-0.15, -0.1) is 0 Å². The second-order valence-corrected chi connectivity index (χ2v) is 10.3. The van der Waals surface area contributed by atoms with Crippen molar-refractivity contribution < 1.29 is 32.9 Å². The van der Waals surface area contributed by atoms with Crippen LogP contribution in [-0.4, -0.2) is 113 Å². The van der Waals surface area contributed by atoms with Crippen molar-refractivity contribution in [2.45, 2.75) is 6.54 Å². The lowest BCUT2D eigenvalue weighted by molar-refractivity contribution is -0.116. The van der Waals surface area contributed by atoms with Gasteiger partial charge in [0.05, 0.1) is 50.0 Å². The number of fused-ring (bicyclic) bond motifs is 1. The first kappa shape index (κ1) is 32.0. The molecule has 0 atom stereocenters. The van der Waals surface area contributed by atoms with Gasteiger partial charge in [-0.05, 0) is 18.2 Å². The number of anilines is 3. The Kier molecular flexibility index (Phi) is 11.0. The molecule has 13 nitrogen and oxygen atoms in total. The van der Waals surface area contributed by atoms with Crippen LogP contribution < -0.4 is 20.1 Å². The van der Waals surface area contributed by atoms with Crippen LogP contribution in [0.2, 0.25) is 0 Å². The van der Waals surface area contributed by atoms with Crippen molar-refractivity contribution in [2.24, 2.45) is 0 Å². The number of aromatic nitrogens is 4. The smallest absolute Gasteiger partial charge is 0.246 e. The van der Waals surface area contributed by atoms with Crippen LogP contribution in [0.5, 0.6) is 11.5 Å². The molecular formula is C30H36F2N8O5. The fourth-order valence-electron chi connectivity index (χ4n) is 4.91. The van der Waals surface area contributed by atoms with Crippen LogP contribution in [0.25, 0.3) is 10.9 Å². The Morgan fingerprint density at radius 3 is 2.56 bits per heavy atom. The summed E-state index contributed by atoms with van der Waals surface area (Å²) in [5.41, 5.74) is 0.951. The molecule has 1 fully saturated rings. The number of benzene rings is 2. The monoisotopic (exact) mass is 626 g/mol. The number of ether oxygens (including phenoxy) is 3. The third-order valence-corrected chi connectivity index (χ3v) is 7.27. The minimum atomic E-state index is -1.12. The number of nitrogens with zero attached hydrogens (tertiary/aromatic N) is 6.